The number of aromatic hydroxyl groups is 1. The number of hydrogen-bond donors (Lipinski definition) is 2. The van der Waals surface area contributed by atoms with E-state index in [0.717, 1.165) is 25.2 Å². The zero-order valence-corrected chi connectivity index (χ0v) is 8.99. The van der Waals surface area contributed by atoms with Crippen LogP contribution in [0.4, 0.5) is 0 Å². The molecular weight excluding hydrogens is 190 g/mol. The van der Waals surface area contributed by atoms with Crippen molar-refractivity contribution in [2.45, 2.75) is 25.9 Å². The molecule has 0 saturated carbocycles. The van der Waals surface area contributed by atoms with E-state index in [0.29, 0.717) is 18.3 Å². The zero-order valence-electron chi connectivity index (χ0n) is 8.99. The highest BCUT2D eigenvalue weighted by molar-refractivity contribution is 5.35. The lowest BCUT2D eigenvalue weighted by atomic mass is 10.1. The highest BCUT2D eigenvalue weighted by Gasteiger charge is 2.14. The summed E-state index contributed by atoms with van der Waals surface area (Å²) in [6.07, 6.45) is 1.06. The van der Waals surface area contributed by atoms with Crippen LogP contribution in [-0.4, -0.2) is 24.4 Å². The van der Waals surface area contributed by atoms with E-state index in [1.165, 1.54) is 5.56 Å². The first-order valence-corrected chi connectivity index (χ1v) is 5.35. The molecule has 1 unspecified atom stereocenters. The number of nitrogens with one attached hydrogen (secondary N) is 1. The molecule has 1 saturated heterocycles. The third-order valence-corrected chi connectivity index (χ3v) is 2.75. The average molecular weight is 207 g/mol. The first-order valence-electron chi connectivity index (χ1n) is 5.35. The summed E-state index contributed by atoms with van der Waals surface area (Å²) in [5, 5.41) is 13.0. The number of hydrogen-bond acceptors (Lipinski definition) is 3. The Balaban J connectivity index is 1.94. The predicted molar refractivity (Wildman–Crippen MR) is 58.9 cm³/mol. The second kappa shape index (κ2) is 4.64. The zero-order chi connectivity index (χ0) is 10.7. The Morgan fingerprint density at radius 1 is 1.53 bits per heavy atom. The number of aryl methyl sites for hydroxylation is 1. The molecule has 82 valence electrons. The van der Waals surface area contributed by atoms with Crippen molar-refractivity contribution in [3.05, 3.63) is 29.3 Å². The molecule has 1 aromatic carbocycles. The van der Waals surface area contributed by atoms with Gasteiger partial charge in [0.05, 0.1) is 6.61 Å². The molecule has 0 spiro atoms. The summed E-state index contributed by atoms with van der Waals surface area (Å²) in [7, 11) is 0. The van der Waals surface area contributed by atoms with Gasteiger partial charge in [0.15, 0.2) is 0 Å². The Morgan fingerprint density at radius 2 is 2.40 bits per heavy atom. The molecule has 3 nitrogen and oxygen atoms in total. The molecule has 3 heteroatoms. The van der Waals surface area contributed by atoms with Gasteiger partial charge in [-0.15, -0.1) is 0 Å². The number of phenolic OH excluding ortho intramolecular Hbond substituents is 1. The minimum atomic E-state index is 0.368. The van der Waals surface area contributed by atoms with Crippen LogP contribution in [0, 0.1) is 6.92 Å². The van der Waals surface area contributed by atoms with Gasteiger partial charge in [-0.3, -0.25) is 0 Å². The summed E-state index contributed by atoms with van der Waals surface area (Å²) >= 11 is 0. The van der Waals surface area contributed by atoms with E-state index >= 15 is 0 Å². The molecule has 1 aromatic rings. The van der Waals surface area contributed by atoms with E-state index in [9.17, 15) is 5.11 Å². The molecule has 2 N–H and O–H groups in total. The van der Waals surface area contributed by atoms with Crippen molar-refractivity contribution in [3.63, 3.8) is 0 Å². The number of ether oxygens (including phenoxy) is 1. The van der Waals surface area contributed by atoms with Gasteiger partial charge in [0.25, 0.3) is 0 Å². The molecule has 0 bridgehead atoms. The molecule has 2 rings (SSSR count). The summed E-state index contributed by atoms with van der Waals surface area (Å²) in [6, 6.07) is 6.11. The molecule has 0 radical (unpaired) electrons. The van der Waals surface area contributed by atoms with E-state index in [1.54, 1.807) is 6.07 Å². The summed E-state index contributed by atoms with van der Waals surface area (Å²) < 4.78 is 5.27. The third kappa shape index (κ3) is 2.70. The quantitative estimate of drug-likeness (QED) is 0.790. The molecule has 1 aliphatic rings. The largest absolute Gasteiger partial charge is 0.508 e. The van der Waals surface area contributed by atoms with Crippen molar-refractivity contribution in [1.29, 1.82) is 0 Å². The van der Waals surface area contributed by atoms with Crippen molar-refractivity contribution in [1.82, 2.24) is 5.32 Å². The van der Waals surface area contributed by atoms with E-state index in [-0.39, 0.29) is 0 Å². The topological polar surface area (TPSA) is 41.5 Å². The molecule has 1 heterocycles. The highest BCUT2D eigenvalue weighted by atomic mass is 16.5. The first kappa shape index (κ1) is 10.5. The summed E-state index contributed by atoms with van der Waals surface area (Å²) in [5.74, 6) is 0.368. The normalized spacial score (nSPS) is 20.7. The average Bonchev–Trinajstić information content (AvgIpc) is 2.72. The summed E-state index contributed by atoms with van der Waals surface area (Å²) in [6.45, 7) is 4.37. The Labute approximate surface area is 90.1 Å². The maximum atomic E-state index is 9.64. The first-order chi connectivity index (χ1) is 7.25. The van der Waals surface area contributed by atoms with Crippen LogP contribution in [0.25, 0.3) is 0 Å². The van der Waals surface area contributed by atoms with Crippen molar-refractivity contribution in [2.75, 3.05) is 13.2 Å². The maximum absolute atomic E-state index is 9.64. The number of phenols is 1. The van der Waals surface area contributed by atoms with Crippen LogP contribution < -0.4 is 5.32 Å². The molecule has 15 heavy (non-hydrogen) atoms. The molecule has 1 aliphatic heterocycles. The fourth-order valence-corrected chi connectivity index (χ4v) is 1.81. The predicted octanol–water partition coefficient (Wildman–Crippen LogP) is 1.58. The van der Waals surface area contributed by atoms with Crippen LogP contribution in [0.1, 0.15) is 17.5 Å². The fourth-order valence-electron chi connectivity index (χ4n) is 1.81. The van der Waals surface area contributed by atoms with Gasteiger partial charge in [0, 0.05) is 24.8 Å². The van der Waals surface area contributed by atoms with Gasteiger partial charge >= 0.3 is 0 Å². The summed E-state index contributed by atoms with van der Waals surface area (Å²) in [5.41, 5.74) is 2.13. The van der Waals surface area contributed by atoms with Crippen molar-refractivity contribution in [3.8, 4) is 5.75 Å². The van der Waals surface area contributed by atoms with Crippen LogP contribution >= 0.6 is 0 Å². The molecular formula is C12H17NO2. The van der Waals surface area contributed by atoms with Crippen LogP contribution in [0.3, 0.4) is 0 Å². The Morgan fingerprint density at radius 3 is 3.13 bits per heavy atom. The monoisotopic (exact) mass is 207 g/mol. The number of benzene rings is 1. The molecule has 0 amide bonds. The lowest BCUT2D eigenvalue weighted by molar-refractivity contribution is 0.189. The molecule has 0 aliphatic carbocycles. The van der Waals surface area contributed by atoms with Gasteiger partial charge in [-0.25, -0.2) is 0 Å². The summed E-state index contributed by atoms with van der Waals surface area (Å²) in [4.78, 5) is 0. The fraction of sp³-hybridized carbons (Fsp3) is 0.500. The van der Waals surface area contributed by atoms with Crippen molar-refractivity contribution < 1.29 is 9.84 Å². The molecule has 1 atom stereocenters. The highest BCUT2D eigenvalue weighted by Crippen LogP contribution is 2.18. The van der Waals surface area contributed by atoms with Gasteiger partial charge in [-0.05, 0) is 19.4 Å². The van der Waals surface area contributed by atoms with E-state index in [2.05, 4.69) is 5.32 Å². The Hall–Kier alpha value is -1.06. The van der Waals surface area contributed by atoms with E-state index in [4.69, 9.17) is 4.74 Å². The second-order valence-electron chi connectivity index (χ2n) is 4.07. The lowest BCUT2D eigenvalue weighted by Gasteiger charge is -2.11. The number of rotatable bonds is 3. The van der Waals surface area contributed by atoms with Gasteiger partial charge < -0.3 is 15.2 Å². The van der Waals surface area contributed by atoms with Crippen LogP contribution in [0.15, 0.2) is 18.2 Å². The van der Waals surface area contributed by atoms with Gasteiger partial charge in [0.2, 0.25) is 0 Å². The standard InChI is InChI=1S/C12H17NO2/c1-9-2-3-12(14)10(6-9)7-13-11-4-5-15-8-11/h2-3,6,11,13-14H,4-5,7-8H2,1H3. The maximum Gasteiger partial charge on any atom is 0.120 e. The minimum Gasteiger partial charge on any atom is -0.508 e. The van der Waals surface area contributed by atoms with Crippen LogP contribution in [0.2, 0.25) is 0 Å². The van der Waals surface area contributed by atoms with Gasteiger partial charge in [-0.2, -0.15) is 0 Å². The van der Waals surface area contributed by atoms with Crippen LogP contribution in [-0.2, 0) is 11.3 Å². The smallest absolute Gasteiger partial charge is 0.120 e. The second-order valence-corrected chi connectivity index (χ2v) is 4.07. The van der Waals surface area contributed by atoms with Gasteiger partial charge in [-0.1, -0.05) is 17.7 Å². The van der Waals surface area contributed by atoms with E-state index in [1.807, 2.05) is 19.1 Å². The third-order valence-electron chi connectivity index (χ3n) is 2.75. The SMILES string of the molecule is Cc1ccc(O)c(CNC2CCOC2)c1. The van der Waals surface area contributed by atoms with Crippen LogP contribution in [0.5, 0.6) is 5.75 Å². The van der Waals surface area contributed by atoms with Gasteiger partial charge in [0.1, 0.15) is 5.75 Å². The molecule has 0 aromatic heterocycles. The lowest BCUT2D eigenvalue weighted by Crippen LogP contribution is -2.28. The minimum absolute atomic E-state index is 0.368. The molecule has 1 fully saturated rings. The van der Waals surface area contributed by atoms with Crippen molar-refractivity contribution in [2.24, 2.45) is 0 Å². The Kier molecular flexibility index (Phi) is 3.23. The van der Waals surface area contributed by atoms with E-state index < -0.39 is 0 Å². The van der Waals surface area contributed by atoms with Crippen molar-refractivity contribution >= 4 is 0 Å². The Bertz CT molecular complexity index is 332.